The Bertz CT molecular complexity index is 4680. The van der Waals surface area contributed by atoms with Crippen LogP contribution in [0.4, 0.5) is 62.7 Å². The molecule has 0 amide bonds. The third-order valence-electron chi connectivity index (χ3n) is 18.3. The summed E-state index contributed by atoms with van der Waals surface area (Å²) in [5.74, 6) is 7.73. The fourth-order valence-electron chi connectivity index (χ4n) is 14.5. The standard InChI is InChI=1S/C77H48B3N5O5/c1-7-23-48(24-8-1)83(49-25-9-2-10-26-49)54-39-63-73-68(40-54)86-65-38-22-20-36-58(65)79(73)61-46-62-77(82-76(61)81-63)90-72-44-56(85(52-31-15-5-16-32-52)53-33-17-6-18-34-53)43-71-75(72)80(62)60-45-59-66(47-67(60)89-71)88-70-42-55(41-69-74(70)78(59)57-35-19-21-37-64(57)87-69)84(50-27-11-3-12-28-50)51-29-13-4-14-30-51/h1-47H,(H,81,82). The number of rotatable bonds is 9. The Balaban J connectivity index is 0.813. The molecule has 6 aliphatic heterocycles. The first kappa shape index (κ1) is 50.3. The smallest absolute Gasteiger partial charge is 0.262 e. The molecule has 7 heterocycles. The van der Waals surface area contributed by atoms with Gasteiger partial charge in [-0.3, -0.25) is 0 Å². The van der Waals surface area contributed by atoms with E-state index in [9.17, 15) is 0 Å². The Morgan fingerprint density at radius 3 is 0.989 bits per heavy atom. The van der Waals surface area contributed by atoms with Crippen LogP contribution in [0.1, 0.15) is 0 Å². The fourth-order valence-corrected chi connectivity index (χ4v) is 14.5. The molecule has 1 N–H and O–H groups in total. The Kier molecular flexibility index (Phi) is 11.1. The number of hydrogen-bond donors (Lipinski definition) is 1. The zero-order chi connectivity index (χ0) is 59.0. The van der Waals surface area contributed by atoms with Crippen molar-refractivity contribution in [2.24, 2.45) is 0 Å². The van der Waals surface area contributed by atoms with E-state index < -0.39 is 6.71 Å². The average molecular weight is 1160 g/mol. The van der Waals surface area contributed by atoms with Crippen molar-refractivity contribution in [3.05, 3.63) is 285 Å². The second kappa shape index (κ2) is 19.9. The number of benzene rings is 12. The van der Waals surface area contributed by atoms with Crippen LogP contribution in [0.3, 0.4) is 0 Å². The maximum absolute atomic E-state index is 7.40. The quantitative estimate of drug-likeness (QED) is 0.141. The highest BCUT2D eigenvalue weighted by molar-refractivity contribution is 7.02. The maximum Gasteiger partial charge on any atom is 0.262 e. The summed E-state index contributed by atoms with van der Waals surface area (Å²) < 4.78 is 36.1. The van der Waals surface area contributed by atoms with Crippen LogP contribution in [-0.4, -0.2) is 25.1 Å². The summed E-state index contributed by atoms with van der Waals surface area (Å²) in [7, 11) is 0. The molecule has 0 spiro atoms. The summed E-state index contributed by atoms with van der Waals surface area (Å²) in [5, 5.41) is 3.88. The summed E-state index contributed by atoms with van der Waals surface area (Å²) in [6.07, 6.45) is 0. The lowest BCUT2D eigenvalue weighted by Gasteiger charge is -2.38. The first-order valence-corrected chi connectivity index (χ1v) is 30.4. The minimum atomic E-state index is -0.395. The topological polar surface area (TPSA) is 80.8 Å². The zero-order valence-corrected chi connectivity index (χ0v) is 48.2. The molecular formula is C77H48B3N5O5. The first-order chi connectivity index (χ1) is 44.6. The lowest BCUT2D eigenvalue weighted by atomic mass is 9.30. The molecule has 0 atom stereocenters. The van der Waals surface area contributed by atoms with E-state index in [0.29, 0.717) is 40.4 Å². The molecule has 0 radical (unpaired) electrons. The number of fused-ring (bicyclic) bond motifs is 12. The molecule has 0 bridgehead atoms. The number of hydrogen-bond acceptors (Lipinski definition) is 10. The second-order valence-corrected chi connectivity index (χ2v) is 23.4. The minimum absolute atomic E-state index is 0.243. The van der Waals surface area contributed by atoms with E-state index in [-0.39, 0.29) is 13.4 Å². The van der Waals surface area contributed by atoms with Crippen molar-refractivity contribution in [2.75, 3.05) is 20.0 Å². The van der Waals surface area contributed by atoms with Crippen molar-refractivity contribution in [3.8, 4) is 57.6 Å². The van der Waals surface area contributed by atoms with Crippen molar-refractivity contribution >= 4 is 132 Å². The third-order valence-corrected chi connectivity index (χ3v) is 18.3. The van der Waals surface area contributed by atoms with Gasteiger partial charge in [0.1, 0.15) is 57.6 Å². The highest BCUT2D eigenvalue weighted by Gasteiger charge is 2.48. The van der Waals surface area contributed by atoms with Crippen molar-refractivity contribution in [1.29, 1.82) is 0 Å². The Hall–Kier alpha value is -11.8. The van der Waals surface area contributed by atoms with E-state index in [1.165, 1.54) is 0 Å². The molecule has 420 valence electrons. The zero-order valence-electron chi connectivity index (χ0n) is 48.2. The van der Waals surface area contributed by atoms with E-state index in [1.807, 2.05) is 48.5 Å². The SMILES string of the molecule is c1ccc(N(c2ccccc2)c2cc3c4c(c2)Oc2ccccc2B4c2cc4c(nc2N3)Oc2cc(N(c3ccccc3)c3ccccc3)cc3c2B4c2cc4c(cc2O3)Oc2cc(N(c3ccccc3)c3ccccc3)cc3c2B4c2ccccc2O3)cc1. The second-order valence-electron chi connectivity index (χ2n) is 23.4. The Labute approximate surface area is 520 Å². The monoisotopic (exact) mass is 1160 g/mol. The van der Waals surface area contributed by atoms with Crippen LogP contribution in [0.5, 0.6) is 57.6 Å². The molecule has 13 aromatic rings. The van der Waals surface area contributed by atoms with Gasteiger partial charge in [-0.2, -0.15) is 4.98 Å². The van der Waals surface area contributed by atoms with Crippen LogP contribution < -0.4 is 92.9 Å². The van der Waals surface area contributed by atoms with Gasteiger partial charge in [0.2, 0.25) is 5.88 Å². The molecule has 0 aliphatic carbocycles. The molecular weight excluding hydrogens is 1110 g/mol. The van der Waals surface area contributed by atoms with Crippen LogP contribution >= 0.6 is 0 Å². The van der Waals surface area contributed by atoms with E-state index >= 15 is 0 Å². The van der Waals surface area contributed by atoms with Gasteiger partial charge in [0.05, 0.1) is 17.1 Å². The van der Waals surface area contributed by atoms with Crippen molar-refractivity contribution in [3.63, 3.8) is 0 Å². The highest BCUT2D eigenvalue weighted by Crippen LogP contribution is 2.48. The number of pyridine rings is 1. The molecule has 19 rings (SSSR count). The number of nitrogens with one attached hydrogen (secondary N) is 1. The number of para-hydroxylation sites is 8. The maximum atomic E-state index is 7.40. The van der Waals surface area contributed by atoms with Crippen LogP contribution in [0.2, 0.25) is 0 Å². The summed E-state index contributed by atoms with van der Waals surface area (Å²) in [5.41, 5.74) is 18.6. The number of ether oxygens (including phenoxy) is 5. The van der Waals surface area contributed by atoms with Gasteiger partial charge in [0, 0.05) is 87.1 Å². The van der Waals surface area contributed by atoms with Crippen molar-refractivity contribution < 1.29 is 23.7 Å². The molecule has 10 nitrogen and oxygen atoms in total. The van der Waals surface area contributed by atoms with Gasteiger partial charge in [-0.05, 0) is 129 Å². The first-order valence-electron chi connectivity index (χ1n) is 30.4. The number of aromatic nitrogens is 1. The van der Waals surface area contributed by atoms with Crippen molar-refractivity contribution in [2.45, 2.75) is 0 Å². The van der Waals surface area contributed by atoms with Gasteiger partial charge in [-0.1, -0.05) is 158 Å². The fraction of sp³-hybridized carbons (Fsp3) is 0. The highest BCUT2D eigenvalue weighted by atomic mass is 16.5. The third kappa shape index (κ3) is 7.85. The van der Waals surface area contributed by atoms with E-state index in [2.05, 4.69) is 257 Å². The average Bonchev–Trinajstić information content (AvgIpc) is 0.716. The summed E-state index contributed by atoms with van der Waals surface area (Å²) >= 11 is 0. The molecule has 90 heavy (non-hydrogen) atoms. The normalized spacial score (nSPS) is 13.1. The Morgan fingerprint density at radius 2 is 0.567 bits per heavy atom. The van der Waals surface area contributed by atoms with Gasteiger partial charge in [0.15, 0.2) is 0 Å². The molecule has 13 heteroatoms. The van der Waals surface area contributed by atoms with Crippen LogP contribution in [-0.2, 0) is 0 Å². The van der Waals surface area contributed by atoms with Gasteiger partial charge < -0.3 is 43.7 Å². The lowest BCUT2D eigenvalue weighted by Crippen LogP contribution is -2.63. The summed E-state index contributed by atoms with van der Waals surface area (Å²) in [6, 6.07) is 99.2. The molecule has 12 aromatic carbocycles. The lowest BCUT2D eigenvalue weighted by molar-refractivity contribution is 0.448. The largest absolute Gasteiger partial charge is 0.458 e. The predicted molar refractivity (Wildman–Crippen MR) is 365 cm³/mol. The van der Waals surface area contributed by atoms with Gasteiger partial charge in [-0.25, -0.2) is 0 Å². The molecule has 0 saturated carbocycles. The number of anilines is 11. The minimum Gasteiger partial charge on any atom is -0.458 e. The number of nitrogens with zero attached hydrogens (tertiary/aromatic N) is 4. The molecule has 6 aliphatic rings. The van der Waals surface area contributed by atoms with Gasteiger partial charge in [0.25, 0.3) is 20.1 Å². The molecule has 0 saturated heterocycles. The van der Waals surface area contributed by atoms with Gasteiger partial charge in [-0.15, -0.1) is 0 Å². The summed E-state index contributed by atoms with van der Waals surface area (Å²) in [4.78, 5) is 12.4. The molecule has 0 fully saturated rings. The van der Waals surface area contributed by atoms with Crippen molar-refractivity contribution in [1.82, 2.24) is 4.98 Å². The summed E-state index contributed by atoms with van der Waals surface area (Å²) in [6.45, 7) is -0.885. The molecule has 1 aromatic heterocycles. The van der Waals surface area contributed by atoms with Crippen LogP contribution in [0.25, 0.3) is 0 Å². The van der Waals surface area contributed by atoms with Crippen LogP contribution in [0, 0.1) is 0 Å². The van der Waals surface area contributed by atoms with E-state index in [0.717, 1.165) is 129 Å². The Morgan fingerprint density at radius 1 is 0.244 bits per heavy atom. The predicted octanol–water partition coefficient (Wildman–Crippen LogP) is 13.6. The van der Waals surface area contributed by atoms with Crippen LogP contribution in [0.15, 0.2) is 285 Å². The molecule has 0 unspecified atom stereocenters. The van der Waals surface area contributed by atoms with Gasteiger partial charge >= 0.3 is 0 Å². The van der Waals surface area contributed by atoms with E-state index in [4.69, 9.17) is 28.7 Å². The van der Waals surface area contributed by atoms with E-state index in [1.54, 1.807) is 0 Å².